The van der Waals surface area contributed by atoms with Crippen LogP contribution in [0.4, 0.5) is 9.18 Å². The summed E-state index contributed by atoms with van der Waals surface area (Å²) in [5.41, 5.74) is 1.48. The van der Waals surface area contributed by atoms with Crippen molar-refractivity contribution in [2.24, 2.45) is 11.8 Å². The second-order valence-corrected chi connectivity index (χ2v) is 10.5. The highest BCUT2D eigenvalue weighted by molar-refractivity contribution is 5.98. The predicted molar refractivity (Wildman–Crippen MR) is 144 cm³/mol. The Morgan fingerprint density at radius 3 is 2.18 bits per heavy atom. The minimum absolute atomic E-state index is 0.161. The van der Waals surface area contributed by atoms with Gasteiger partial charge in [-0.1, -0.05) is 30.3 Å². The molecule has 1 saturated heterocycles. The molecule has 2 atom stereocenters. The van der Waals surface area contributed by atoms with E-state index in [1.807, 2.05) is 32.0 Å². The molecule has 204 valence electrons. The van der Waals surface area contributed by atoms with E-state index in [1.54, 1.807) is 24.3 Å². The maximum atomic E-state index is 13.5. The van der Waals surface area contributed by atoms with Gasteiger partial charge < -0.3 is 19.5 Å². The number of Topliss-reactive ketones (excluding diaryl/α,β-unsaturated/α-hetero) is 1. The Hall–Kier alpha value is -4.20. The maximum absolute atomic E-state index is 13.5. The minimum Gasteiger partial charge on any atom is -0.478 e. The highest BCUT2D eigenvalue weighted by atomic mass is 19.1. The van der Waals surface area contributed by atoms with E-state index in [-0.39, 0.29) is 18.2 Å². The van der Waals surface area contributed by atoms with Crippen molar-refractivity contribution in [1.82, 2.24) is 4.90 Å². The van der Waals surface area contributed by atoms with E-state index in [0.29, 0.717) is 30.0 Å². The molecule has 3 aromatic carbocycles. The Kier molecular flexibility index (Phi) is 8.04. The molecule has 0 spiro atoms. The molecule has 1 amide bonds. The molecule has 0 unspecified atom stereocenters. The molecule has 1 heterocycles. The van der Waals surface area contributed by atoms with Gasteiger partial charge in [0.15, 0.2) is 11.4 Å². The van der Waals surface area contributed by atoms with Crippen molar-refractivity contribution < 1.29 is 33.4 Å². The first-order valence-electron chi connectivity index (χ1n) is 12.8. The molecule has 0 saturated carbocycles. The highest BCUT2D eigenvalue weighted by Gasteiger charge is 2.40. The number of carbonyl (C=O) groups excluding carboxylic acids is 2. The van der Waals surface area contributed by atoms with Crippen LogP contribution in [-0.4, -0.2) is 46.5 Å². The summed E-state index contributed by atoms with van der Waals surface area (Å²) in [7, 11) is 0. The fraction of sp³-hybridized carbons (Fsp3) is 0.323. The number of carboxylic acid groups (broad SMARTS) is 1. The fourth-order valence-corrected chi connectivity index (χ4v) is 4.93. The normalized spacial score (nSPS) is 17.1. The first kappa shape index (κ1) is 27.8. The Labute approximate surface area is 227 Å². The van der Waals surface area contributed by atoms with E-state index in [9.17, 15) is 23.9 Å². The largest absolute Gasteiger partial charge is 0.478 e. The Bertz CT molecular complexity index is 1350. The molecule has 39 heavy (non-hydrogen) atoms. The molecular formula is C31H32FNO6. The number of amides is 1. The van der Waals surface area contributed by atoms with E-state index in [4.69, 9.17) is 9.47 Å². The molecule has 0 radical (unpaired) electrons. The van der Waals surface area contributed by atoms with Crippen LogP contribution >= 0.6 is 0 Å². The number of ketones is 1. The van der Waals surface area contributed by atoms with Gasteiger partial charge in [-0.3, -0.25) is 4.79 Å². The van der Waals surface area contributed by atoms with Crippen LogP contribution in [0.15, 0.2) is 66.7 Å². The number of benzene rings is 3. The quantitative estimate of drug-likeness (QED) is 0.365. The number of carboxylic acids is 1. The zero-order valence-electron chi connectivity index (χ0n) is 22.4. The van der Waals surface area contributed by atoms with E-state index in [1.165, 1.54) is 43.0 Å². The fourth-order valence-electron chi connectivity index (χ4n) is 4.93. The van der Waals surface area contributed by atoms with Crippen LogP contribution in [0.25, 0.3) is 0 Å². The zero-order chi connectivity index (χ0) is 28.3. The van der Waals surface area contributed by atoms with Crippen molar-refractivity contribution in [3.05, 3.63) is 94.8 Å². The Morgan fingerprint density at radius 2 is 1.59 bits per heavy atom. The van der Waals surface area contributed by atoms with Gasteiger partial charge in [-0.2, -0.15) is 0 Å². The molecule has 4 rings (SSSR count). The van der Waals surface area contributed by atoms with E-state index >= 15 is 0 Å². The summed E-state index contributed by atoms with van der Waals surface area (Å²) in [6.07, 6.45) is -0.0376. The average molecular weight is 534 g/mol. The van der Waals surface area contributed by atoms with E-state index in [0.717, 1.165) is 16.7 Å². The standard InChI is InChI=1S/C31H32FNO6/c1-19-14-21(15-20(2)28(19)39-31(3,4)29(35)36)16-23-17-33(30(37)38-25-8-6-5-7-9-25)18-26(23)27(34)22-10-12-24(32)13-11-22/h5-15,23,26H,16-18H2,1-4H3,(H,35,36)/t23-,26-/m1/s1. The third kappa shape index (κ3) is 6.45. The lowest BCUT2D eigenvalue weighted by atomic mass is 9.84. The topological polar surface area (TPSA) is 93.1 Å². The number of nitrogens with zero attached hydrogens (tertiary/aromatic N) is 1. The zero-order valence-corrected chi connectivity index (χ0v) is 22.4. The lowest BCUT2D eigenvalue weighted by Crippen LogP contribution is -2.38. The Morgan fingerprint density at radius 1 is 0.974 bits per heavy atom. The number of carbonyl (C=O) groups is 3. The molecule has 1 fully saturated rings. The molecule has 7 nitrogen and oxygen atoms in total. The smallest absolute Gasteiger partial charge is 0.415 e. The Balaban J connectivity index is 1.58. The van der Waals surface area contributed by atoms with Gasteiger partial charge in [-0.25, -0.2) is 14.0 Å². The molecule has 0 aliphatic carbocycles. The van der Waals surface area contributed by atoms with Crippen molar-refractivity contribution in [3.63, 3.8) is 0 Å². The number of hydrogen-bond donors (Lipinski definition) is 1. The van der Waals surface area contributed by atoms with E-state index in [2.05, 4.69) is 0 Å². The first-order chi connectivity index (χ1) is 18.4. The van der Waals surface area contributed by atoms with Crippen LogP contribution in [-0.2, 0) is 11.2 Å². The van der Waals surface area contributed by atoms with Crippen LogP contribution < -0.4 is 9.47 Å². The summed E-state index contributed by atoms with van der Waals surface area (Å²) in [6, 6.07) is 18.0. The number of para-hydroxylation sites is 1. The summed E-state index contributed by atoms with van der Waals surface area (Å²) in [4.78, 5) is 39.6. The van der Waals surface area contributed by atoms with E-state index < -0.39 is 29.4 Å². The van der Waals surface area contributed by atoms with Gasteiger partial charge in [0, 0.05) is 24.6 Å². The number of hydrogen-bond acceptors (Lipinski definition) is 5. The lowest BCUT2D eigenvalue weighted by molar-refractivity contribution is -0.152. The van der Waals surface area contributed by atoms with Crippen LogP contribution in [0.5, 0.6) is 11.5 Å². The molecule has 3 aromatic rings. The number of halogens is 1. The molecule has 0 aromatic heterocycles. The molecule has 8 heteroatoms. The van der Waals surface area contributed by atoms with Gasteiger partial charge in [0.1, 0.15) is 17.3 Å². The van der Waals surface area contributed by atoms with Crippen LogP contribution in [0, 0.1) is 31.5 Å². The van der Waals surface area contributed by atoms with Gasteiger partial charge in [-0.15, -0.1) is 0 Å². The van der Waals surface area contributed by atoms with Crippen molar-refractivity contribution in [3.8, 4) is 11.5 Å². The van der Waals surface area contributed by atoms with Gasteiger partial charge in [-0.05, 0) is 93.1 Å². The summed E-state index contributed by atoms with van der Waals surface area (Å²) in [6.45, 7) is 7.18. The SMILES string of the molecule is Cc1cc(C[C@@H]2CN(C(=O)Oc3ccccc3)C[C@H]2C(=O)c2ccc(F)cc2)cc(C)c1OC(C)(C)C(=O)O. The number of aliphatic carboxylic acids is 1. The lowest BCUT2D eigenvalue weighted by Gasteiger charge is -2.25. The van der Waals surface area contributed by atoms with Gasteiger partial charge in [0.2, 0.25) is 0 Å². The number of aryl methyl sites for hydroxylation is 2. The van der Waals surface area contributed by atoms with Crippen molar-refractivity contribution in [2.75, 3.05) is 13.1 Å². The summed E-state index contributed by atoms with van der Waals surface area (Å²) >= 11 is 0. The number of likely N-dealkylation sites (tertiary alicyclic amines) is 1. The summed E-state index contributed by atoms with van der Waals surface area (Å²) < 4.78 is 24.9. The maximum Gasteiger partial charge on any atom is 0.415 e. The molecule has 1 aliphatic rings. The third-order valence-electron chi connectivity index (χ3n) is 7.00. The predicted octanol–water partition coefficient (Wildman–Crippen LogP) is 5.86. The minimum atomic E-state index is -1.39. The van der Waals surface area contributed by atoms with Gasteiger partial charge in [0.05, 0.1) is 0 Å². The molecule has 1 N–H and O–H groups in total. The van der Waals surface area contributed by atoms with Crippen molar-refractivity contribution >= 4 is 17.8 Å². The first-order valence-corrected chi connectivity index (χ1v) is 12.8. The molecular weight excluding hydrogens is 501 g/mol. The third-order valence-corrected chi connectivity index (χ3v) is 7.00. The van der Waals surface area contributed by atoms with Crippen molar-refractivity contribution in [1.29, 1.82) is 0 Å². The number of ether oxygens (including phenoxy) is 2. The molecule has 1 aliphatic heterocycles. The van der Waals surface area contributed by atoms with Crippen molar-refractivity contribution in [2.45, 2.75) is 39.7 Å². The van der Waals surface area contributed by atoms with Crippen LogP contribution in [0.3, 0.4) is 0 Å². The molecule has 0 bridgehead atoms. The average Bonchev–Trinajstić information content (AvgIpc) is 3.30. The second-order valence-electron chi connectivity index (χ2n) is 10.5. The van der Waals surface area contributed by atoms with Gasteiger partial charge in [0.25, 0.3) is 0 Å². The second kappa shape index (κ2) is 11.3. The highest BCUT2D eigenvalue weighted by Crippen LogP contribution is 2.34. The summed E-state index contributed by atoms with van der Waals surface area (Å²) in [5, 5.41) is 9.46. The van der Waals surface area contributed by atoms with Crippen LogP contribution in [0.2, 0.25) is 0 Å². The van der Waals surface area contributed by atoms with Gasteiger partial charge >= 0.3 is 12.1 Å². The number of rotatable bonds is 8. The summed E-state index contributed by atoms with van der Waals surface area (Å²) in [5.74, 6) is -1.47. The monoisotopic (exact) mass is 533 g/mol. The van der Waals surface area contributed by atoms with Crippen LogP contribution in [0.1, 0.15) is 40.9 Å².